The van der Waals surface area contributed by atoms with Crippen LogP contribution in [-0.4, -0.2) is 23.6 Å². The molecule has 100 valence electrons. The molecule has 0 aromatic heterocycles. The molecule has 2 aliphatic rings. The quantitative estimate of drug-likeness (QED) is 0.608. The van der Waals surface area contributed by atoms with Gasteiger partial charge < -0.3 is 10.6 Å². The number of rotatable bonds is 3. The Labute approximate surface area is 109 Å². The van der Waals surface area contributed by atoms with Gasteiger partial charge in [0.25, 0.3) is 0 Å². The predicted octanol–water partition coefficient (Wildman–Crippen LogP) is -0.291. The van der Waals surface area contributed by atoms with Gasteiger partial charge >= 0.3 is 6.03 Å². The summed E-state index contributed by atoms with van der Waals surface area (Å²) < 4.78 is 0. The van der Waals surface area contributed by atoms with E-state index in [-0.39, 0.29) is 18.6 Å². The molecule has 7 nitrogen and oxygen atoms in total. The number of carbonyl (C=O) groups is 4. The van der Waals surface area contributed by atoms with Crippen molar-refractivity contribution in [3.8, 4) is 0 Å². The number of imide groups is 1. The fourth-order valence-corrected chi connectivity index (χ4v) is 1.97. The lowest BCUT2D eigenvalue weighted by atomic mass is 9.92. The number of fused-ring (bicyclic) bond motifs is 1. The van der Waals surface area contributed by atoms with Crippen LogP contribution in [-0.2, 0) is 14.4 Å². The summed E-state index contributed by atoms with van der Waals surface area (Å²) in [4.78, 5) is 45.0. The fourth-order valence-electron chi connectivity index (χ4n) is 1.97. The molecule has 1 atom stereocenters. The van der Waals surface area contributed by atoms with Crippen LogP contribution in [0.2, 0.25) is 0 Å². The minimum atomic E-state index is -0.551. The Morgan fingerprint density at radius 3 is 2.74 bits per heavy atom. The second-order valence-electron chi connectivity index (χ2n) is 4.44. The Bertz CT molecular complexity index is 533. The van der Waals surface area contributed by atoms with Crippen molar-refractivity contribution in [3.05, 3.63) is 23.5 Å². The lowest BCUT2D eigenvalue weighted by molar-refractivity contribution is -0.127. The number of hydrogen-bond acceptors (Lipinski definition) is 4. The van der Waals surface area contributed by atoms with Gasteiger partial charge in [-0.25, -0.2) is 4.79 Å². The molecule has 0 aromatic carbocycles. The van der Waals surface area contributed by atoms with Crippen molar-refractivity contribution >= 4 is 23.6 Å². The number of ketones is 1. The average molecular weight is 263 g/mol. The zero-order chi connectivity index (χ0) is 14.0. The maximum atomic E-state index is 11.6. The van der Waals surface area contributed by atoms with E-state index in [9.17, 15) is 19.2 Å². The SMILES string of the molecule is CC(=O)CC(=O)NC1=CC=C2NC(=O)NC(=O)C2C1. The van der Waals surface area contributed by atoms with Gasteiger partial charge in [0, 0.05) is 17.8 Å². The lowest BCUT2D eigenvalue weighted by Gasteiger charge is -2.28. The van der Waals surface area contributed by atoms with E-state index in [2.05, 4.69) is 16.0 Å². The minimum Gasteiger partial charge on any atom is -0.329 e. The molecule has 1 saturated heterocycles. The first-order valence-corrected chi connectivity index (χ1v) is 5.77. The third-order valence-corrected chi connectivity index (χ3v) is 2.78. The third-order valence-electron chi connectivity index (χ3n) is 2.78. The molecule has 4 amide bonds. The van der Waals surface area contributed by atoms with Gasteiger partial charge in [-0.05, 0) is 19.1 Å². The number of amides is 4. The Hall–Kier alpha value is -2.44. The fraction of sp³-hybridized carbons (Fsp3) is 0.333. The summed E-state index contributed by atoms with van der Waals surface area (Å²) in [5.41, 5.74) is 1.06. The Balaban J connectivity index is 2.06. The molecule has 1 heterocycles. The molecule has 0 bridgehead atoms. The molecular formula is C12H13N3O4. The summed E-state index contributed by atoms with van der Waals surface area (Å²) >= 11 is 0. The summed E-state index contributed by atoms with van der Waals surface area (Å²) in [6, 6.07) is -0.551. The van der Waals surface area contributed by atoms with E-state index in [1.807, 2.05) is 0 Å². The molecule has 2 rings (SSSR count). The zero-order valence-corrected chi connectivity index (χ0v) is 10.3. The summed E-state index contributed by atoms with van der Waals surface area (Å²) in [5.74, 6) is -1.56. The van der Waals surface area contributed by atoms with Crippen molar-refractivity contribution in [1.29, 1.82) is 0 Å². The standard InChI is InChI=1S/C12H13N3O4/c1-6(16)4-10(17)13-7-2-3-9-8(5-7)11(18)15-12(19)14-9/h2-3,8H,4-5H2,1H3,(H,13,17)(H2,14,15,18,19). The van der Waals surface area contributed by atoms with E-state index in [4.69, 9.17) is 0 Å². The first kappa shape index (κ1) is 13.0. The van der Waals surface area contributed by atoms with Crippen molar-refractivity contribution in [2.45, 2.75) is 19.8 Å². The highest BCUT2D eigenvalue weighted by Gasteiger charge is 2.33. The Morgan fingerprint density at radius 1 is 1.32 bits per heavy atom. The molecular weight excluding hydrogens is 250 g/mol. The molecule has 0 spiro atoms. The van der Waals surface area contributed by atoms with E-state index in [0.29, 0.717) is 11.4 Å². The van der Waals surface area contributed by atoms with Crippen LogP contribution in [0, 0.1) is 5.92 Å². The largest absolute Gasteiger partial charge is 0.329 e. The molecule has 7 heteroatoms. The normalized spacial score (nSPS) is 21.4. The number of nitrogens with one attached hydrogen (secondary N) is 3. The van der Waals surface area contributed by atoms with Gasteiger partial charge in [-0.15, -0.1) is 0 Å². The monoisotopic (exact) mass is 263 g/mol. The number of allylic oxidation sites excluding steroid dienone is 3. The highest BCUT2D eigenvalue weighted by molar-refractivity contribution is 6.01. The zero-order valence-electron chi connectivity index (χ0n) is 10.3. The highest BCUT2D eigenvalue weighted by Crippen LogP contribution is 2.24. The van der Waals surface area contributed by atoms with Crippen molar-refractivity contribution in [1.82, 2.24) is 16.0 Å². The number of hydrogen-bond donors (Lipinski definition) is 3. The molecule has 3 N–H and O–H groups in total. The van der Waals surface area contributed by atoms with Crippen LogP contribution in [0.4, 0.5) is 4.79 Å². The van der Waals surface area contributed by atoms with Crippen LogP contribution in [0.15, 0.2) is 23.5 Å². The van der Waals surface area contributed by atoms with Crippen molar-refractivity contribution in [2.75, 3.05) is 0 Å². The molecule has 1 unspecified atom stereocenters. The van der Waals surface area contributed by atoms with Crippen LogP contribution in [0.3, 0.4) is 0 Å². The summed E-state index contributed by atoms with van der Waals surface area (Å²) in [6.07, 6.45) is 3.28. The first-order valence-electron chi connectivity index (χ1n) is 5.77. The minimum absolute atomic E-state index is 0.193. The molecule has 1 aliphatic heterocycles. The van der Waals surface area contributed by atoms with E-state index < -0.39 is 23.8 Å². The molecule has 0 aromatic rings. The van der Waals surface area contributed by atoms with Gasteiger partial charge in [-0.1, -0.05) is 0 Å². The molecule has 0 saturated carbocycles. The van der Waals surface area contributed by atoms with Gasteiger partial charge in [-0.2, -0.15) is 0 Å². The second-order valence-corrected chi connectivity index (χ2v) is 4.44. The topological polar surface area (TPSA) is 104 Å². The average Bonchev–Trinajstić information content (AvgIpc) is 2.28. The number of Topliss-reactive ketones (excluding diaryl/α,β-unsaturated/α-hetero) is 1. The predicted molar refractivity (Wildman–Crippen MR) is 64.4 cm³/mol. The van der Waals surface area contributed by atoms with Gasteiger partial charge in [0.2, 0.25) is 11.8 Å². The maximum Gasteiger partial charge on any atom is 0.325 e. The van der Waals surface area contributed by atoms with E-state index in [1.165, 1.54) is 6.92 Å². The first-order chi connectivity index (χ1) is 8.95. The molecule has 1 fully saturated rings. The number of urea groups is 1. The Kier molecular flexibility index (Phi) is 3.46. The lowest BCUT2D eigenvalue weighted by Crippen LogP contribution is -2.51. The van der Waals surface area contributed by atoms with Crippen LogP contribution in [0.5, 0.6) is 0 Å². The summed E-state index contributed by atoms with van der Waals surface area (Å²) in [5, 5.41) is 7.27. The van der Waals surface area contributed by atoms with Gasteiger partial charge in [0.05, 0.1) is 12.3 Å². The molecule has 1 aliphatic carbocycles. The van der Waals surface area contributed by atoms with Crippen molar-refractivity contribution in [2.24, 2.45) is 5.92 Å². The third kappa shape index (κ3) is 3.06. The number of carbonyl (C=O) groups excluding carboxylic acids is 4. The van der Waals surface area contributed by atoms with E-state index in [0.717, 1.165) is 0 Å². The van der Waals surface area contributed by atoms with Crippen LogP contribution in [0.1, 0.15) is 19.8 Å². The summed E-state index contributed by atoms with van der Waals surface area (Å²) in [6.45, 7) is 1.33. The van der Waals surface area contributed by atoms with Crippen LogP contribution < -0.4 is 16.0 Å². The molecule has 0 radical (unpaired) electrons. The maximum absolute atomic E-state index is 11.6. The summed E-state index contributed by atoms with van der Waals surface area (Å²) in [7, 11) is 0. The van der Waals surface area contributed by atoms with Crippen molar-refractivity contribution in [3.63, 3.8) is 0 Å². The van der Waals surface area contributed by atoms with Gasteiger partial charge in [0.15, 0.2) is 0 Å². The molecule has 19 heavy (non-hydrogen) atoms. The highest BCUT2D eigenvalue weighted by atomic mass is 16.2. The van der Waals surface area contributed by atoms with E-state index in [1.54, 1.807) is 12.2 Å². The van der Waals surface area contributed by atoms with E-state index >= 15 is 0 Å². The Morgan fingerprint density at radius 2 is 2.05 bits per heavy atom. The smallest absolute Gasteiger partial charge is 0.325 e. The van der Waals surface area contributed by atoms with Gasteiger partial charge in [0.1, 0.15) is 5.78 Å². The second kappa shape index (κ2) is 5.05. The van der Waals surface area contributed by atoms with Crippen molar-refractivity contribution < 1.29 is 19.2 Å². The van der Waals surface area contributed by atoms with Gasteiger partial charge in [-0.3, -0.25) is 19.7 Å². The van der Waals surface area contributed by atoms with Crippen LogP contribution in [0.25, 0.3) is 0 Å². The van der Waals surface area contributed by atoms with Crippen LogP contribution >= 0.6 is 0 Å².